The van der Waals surface area contributed by atoms with Crippen LogP contribution in [0.2, 0.25) is 0 Å². The normalized spacial score (nSPS) is 11.1. The van der Waals surface area contributed by atoms with Crippen molar-refractivity contribution in [1.29, 1.82) is 0 Å². The summed E-state index contributed by atoms with van der Waals surface area (Å²) < 4.78 is 0. The van der Waals surface area contributed by atoms with Crippen molar-refractivity contribution in [3.8, 4) is 0 Å². The first-order valence-corrected chi connectivity index (χ1v) is 6.87. The van der Waals surface area contributed by atoms with Crippen LogP contribution in [0.4, 0.5) is 5.13 Å². The summed E-state index contributed by atoms with van der Waals surface area (Å²) >= 11 is 1.73. The molecule has 3 nitrogen and oxygen atoms in total. The predicted octanol–water partition coefficient (Wildman–Crippen LogP) is 2.73. The first-order valence-electron chi connectivity index (χ1n) is 5.99. The maximum absolute atomic E-state index is 4.61. The quantitative estimate of drug-likeness (QED) is 0.795. The Hall–Kier alpha value is -0.610. The maximum Gasteiger partial charge on any atom is 0.185 e. The highest BCUT2D eigenvalue weighted by Crippen LogP contribution is 2.19. The van der Waals surface area contributed by atoms with E-state index in [1.54, 1.807) is 11.3 Å². The van der Waals surface area contributed by atoms with E-state index in [0.717, 1.165) is 36.4 Å². The van der Waals surface area contributed by atoms with Crippen LogP contribution >= 0.6 is 11.3 Å². The van der Waals surface area contributed by atoms with Crippen LogP contribution in [-0.2, 0) is 6.54 Å². The van der Waals surface area contributed by atoms with Crippen molar-refractivity contribution in [2.75, 3.05) is 25.0 Å². The SMILES string of the molecule is CCNCc1csc(N(C)CCC(C)C)n1. The molecule has 0 spiro atoms. The molecular weight excluding hydrogens is 218 g/mol. The molecule has 0 bridgehead atoms. The average Bonchev–Trinajstić information content (AvgIpc) is 2.71. The molecule has 0 aromatic carbocycles. The van der Waals surface area contributed by atoms with Crippen LogP contribution in [0.25, 0.3) is 0 Å². The zero-order valence-electron chi connectivity index (χ0n) is 10.8. The summed E-state index contributed by atoms with van der Waals surface area (Å²) in [4.78, 5) is 6.86. The number of nitrogens with one attached hydrogen (secondary N) is 1. The molecule has 0 fully saturated rings. The van der Waals surface area contributed by atoms with Crippen molar-refractivity contribution >= 4 is 16.5 Å². The Morgan fingerprint density at radius 3 is 2.88 bits per heavy atom. The van der Waals surface area contributed by atoms with E-state index in [1.165, 1.54) is 6.42 Å². The van der Waals surface area contributed by atoms with Crippen molar-refractivity contribution in [2.45, 2.75) is 33.7 Å². The minimum Gasteiger partial charge on any atom is -0.351 e. The van der Waals surface area contributed by atoms with Crippen LogP contribution < -0.4 is 10.2 Å². The van der Waals surface area contributed by atoms with Gasteiger partial charge in [-0.2, -0.15) is 0 Å². The number of thiazole rings is 1. The third-order valence-corrected chi connectivity index (χ3v) is 3.47. The zero-order chi connectivity index (χ0) is 12.0. The molecule has 0 saturated heterocycles. The third-order valence-electron chi connectivity index (χ3n) is 2.46. The number of aromatic nitrogens is 1. The summed E-state index contributed by atoms with van der Waals surface area (Å²) in [6.45, 7) is 9.59. The zero-order valence-corrected chi connectivity index (χ0v) is 11.6. The maximum atomic E-state index is 4.61. The second-order valence-corrected chi connectivity index (χ2v) is 5.34. The Morgan fingerprint density at radius 1 is 1.50 bits per heavy atom. The number of hydrogen-bond donors (Lipinski definition) is 1. The van der Waals surface area contributed by atoms with Crippen molar-refractivity contribution in [2.24, 2.45) is 5.92 Å². The number of hydrogen-bond acceptors (Lipinski definition) is 4. The van der Waals surface area contributed by atoms with Crippen molar-refractivity contribution in [3.05, 3.63) is 11.1 Å². The number of anilines is 1. The number of nitrogens with zero attached hydrogens (tertiary/aromatic N) is 2. The van der Waals surface area contributed by atoms with Gasteiger partial charge in [-0.1, -0.05) is 20.8 Å². The molecule has 92 valence electrons. The molecule has 0 saturated carbocycles. The Morgan fingerprint density at radius 2 is 2.25 bits per heavy atom. The highest BCUT2D eigenvalue weighted by atomic mass is 32.1. The van der Waals surface area contributed by atoms with E-state index in [0.29, 0.717) is 0 Å². The first-order chi connectivity index (χ1) is 7.63. The summed E-state index contributed by atoms with van der Waals surface area (Å²) in [7, 11) is 2.12. The van der Waals surface area contributed by atoms with Crippen molar-refractivity contribution < 1.29 is 0 Å². The fraction of sp³-hybridized carbons (Fsp3) is 0.750. The molecule has 0 unspecified atom stereocenters. The summed E-state index contributed by atoms with van der Waals surface area (Å²) in [5.41, 5.74) is 1.15. The van der Waals surface area contributed by atoms with Gasteiger partial charge in [0.25, 0.3) is 0 Å². The van der Waals surface area contributed by atoms with Gasteiger partial charge >= 0.3 is 0 Å². The van der Waals surface area contributed by atoms with Gasteiger partial charge in [0.05, 0.1) is 5.69 Å². The Kier molecular flexibility index (Phi) is 5.77. The topological polar surface area (TPSA) is 28.2 Å². The van der Waals surface area contributed by atoms with Gasteiger partial charge in [0, 0.05) is 25.5 Å². The molecule has 16 heavy (non-hydrogen) atoms. The van der Waals surface area contributed by atoms with E-state index in [4.69, 9.17) is 0 Å². The summed E-state index contributed by atoms with van der Waals surface area (Å²) in [5, 5.41) is 6.57. The smallest absolute Gasteiger partial charge is 0.185 e. The van der Waals surface area contributed by atoms with Gasteiger partial charge in [0.2, 0.25) is 0 Å². The molecule has 0 radical (unpaired) electrons. The van der Waals surface area contributed by atoms with Gasteiger partial charge in [-0.15, -0.1) is 11.3 Å². The molecule has 1 N–H and O–H groups in total. The molecule has 4 heteroatoms. The molecule has 0 aliphatic rings. The minimum absolute atomic E-state index is 0.753. The van der Waals surface area contributed by atoms with Crippen molar-refractivity contribution in [3.63, 3.8) is 0 Å². The highest BCUT2D eigenvalue weighted by Gasteiger charge is 2.07. The Labute approximate surface area is 103 Å². The van der Waals surface area contributed by atoms with E-state index in [1.807, 2.05) is 0 Å². The van der Waals surface area contributed by atoms with Crippen LogP contribution in [0.15, 0.2) is 5.38 Å². The summed E-state index contributed by atoms with van der Waals surface area (Å²) in [6, 6.07) is 0. The van der Waals surface area contributed by atoms with Crippen LogP contribution in [0.1, 0.15) is 32.9 Å². The van der Waals surface area contributed by atoms with Crippen LogP contribution in [-0.4, -0.2) is 25.1 Å². The van der Waals surface area contributed by atoms with Crippen LogP contribution in [0.3, 0.4) is 0 Å². The van der Waals surface area contributed by atoms with Crippen LogP contribution in [0, 0.1) is 5.92 Å². The van der Waals surface area contributed by atoms with E-state index >= 15 is 0 Å². The van der Waals surface area contributed by atoms with Gasteiger partial charge in [0.1, 0.15) is 0 Å². The highest BCUT2D eigenvalue weighted by molar-refractivity contribution is 7.13. The van der Waals surface area contributed by atoms with E-state index in [9.17, 15) is 0 Å². The molecule has 0 atom stereocenters. The molecule has 0 aliphatic carbocycles. The molecule has 1 aromatic heterocycles. The second-order valence-electron chi connectivity index (χ2n) is 4.51. The monoisotopic (exact) mass is 241 g/mol. The fourth-order valence-electron chi connectivity index (χ4n) is 1.35. The Balaban J connectivity index is 2.43. The van der Waals surface area contributed by atoms with Gasteiger partial charge in [-0.3, -0.25) is 0 Å². The molecule has 1 rings (SSSR count). The minimum atomic E-state index is 0.753. The molecule has 0 amide bonds. The van der Waals surface area contributed by atoms with Crippen molar-refractivity contribution in [1.82, 2.24) is 10.3 Å². The molecule has 0 aliphatic heterocycles. The molecular formula is C12H23N3S. The second kappa shape index (κ2) is 6.86. The van der Waals surface area contributed by atoms with Gasteiger partial charge in [-0.05, 0) is 18.9 Å². The molecule has 1 heterocycles. The lowest BCUT2D eigenvalue weighted by Gasteiger charge is -2.16. The lowest BCUT2D eigenvalue weighted by atomic mass is 10.1. The van der Waals surface area contributed by atoms with Gasteiger partial charge in [-0.25, -0.2) is 4.98 Å². The lowest BCUT2D eigenvalue weighted by molar-refractivity contribution is 0.584. The lowest BCUT2D eigenvalue weighted by Crippen LogP contribution is -2.20. The average molecular weight is 241 g/mol. The van der Waals surface area contributed by atoms with Crippen LogP contribution in [0.5, 0.6) is 0 Å². The van der Waals surface area contributed by atoms with Gasteiger partial charge in [0.15, 0.2) is 5.13 Å². The van der Waals surface area contributed by atoms with E-state index in [2.05, 4.69) is 48.4 Å². The fourth-order valence-corrected chi connectivity index (χ4v) is 2.17. The summed E-state index contributed by atoms with van der Waals surface area (Å²) in [6.07, 6.45) is 1.22. The van der Waals surface area contributed by atoms with Gasteiger partial charge < -0.3 is 10.2 Å². The predicted molar refractivity (Wildman–Crippen MR) is 72.2 cm³/mol. The molecule has 1 aromatic rings. The number of rotatable bonds is 7. The largest absolute Gasteiger partial charge is 0.351 e. The third kappa shape index (κ3) is 4.49. The summed E-state index contributed by atoms with van der Waals surface area (Å²) in [5.74, 6) is 0.753. The van der Waals surface area contributed by atoms with E-state index < -0.39 is 0 Å². The first kappa shape index (κ1) is 13.5. The van der Waals surface area contributed by atoms with E-state index in [-0.39, 0.29) is 0 Å². The standard InChI is InChI=1S/C12H23N3S/c1-5-13-8-11-9-16-12(14-11)15(4)7-6-10(2)3/h9-10,13H,5-8H2,1-4H3. The Bertz CT molecular complexity index is 296.